The van der Waals surface area contributed by atoms with Crippen LogP contribution in [0.2, 0.25) is 0 Å². The molecule has 4 rings (SSSR count). The number of thiocarbonyl (C=S) groups is 1. The highest BCUT2D eigenvalue weighted by Gasteiger charge is 2.55. The molecule has 1 N–H and O–H groups in total. The topological polar surface area (TPSA) is 32.3 Å². The smallest absolute Gasteiger partial charge is 0.280 e. The number of benzene rings is 2. The molecule has 21 heavy (non-hydrogen) atoms. The molecule has 2 heterocycles. The van der Waals surface area contributed by atoms with Gasteiger partial charge in [0.05, 0.1) is 11.4 Å². The Morgan fingerprint density at radius 3 is 2.48 bits per heavy atom. The lowest BCUT2D eigenvalue weighted by Crippen LogP contribution is -2.40. The first-order valence-electron chi connectivity index (χ1n) is 6.38. The Hall–Kier alpha value is -1.50. The fourth-order valence-electron chi connectivity index (χ4n) is 2.40. The minimum absolute atomic E-state index is 0.0232. The highest BCUT2D eigenvalue weighted by atomic mass is 32.2. The van der Waals surface area contributed by atoms with Gasteiger partial charge < -0.3 is 5.32 Å². The van der Waals surface area contributed by atoms with Crippen molar-refractivity contribution in [2.45, 2.75) is 9.10 Å². The highest BCUT2D eigenvalue weighted by Crippen LogP contribution is 2.56. The summed E-state index contributed by atoms with van der Waals surface area (Å²) in [5.41, 5.74) is 1.80. The van der Waals surface area contributed by atoms with Crippen LogP contribution in [0.4, 0.5) is 11.4 Å². The van der Waals surface area contributed by atoms with Gasteiger partial charge in [0.25, 0.3) is 5.91 Å². The average Bonchev–Trinajstić information content (AvgIpc) is 2.97. The van der Waals surface area contributed by atoms with Crippen LogP contribution in [0.15, 0.2) is 59.5 Å². The van der Waals surface area contributed by atoms with E-state index in [4.69, 9.17) is 12.2 Å². The number of para-hydroxylation sites is 2. The summed E-state index contributed by atoms with van der Waals surface area (Å²) in [6.07, 6.45) is 0. The van der Waals surface area contributed by atoms with Crippen LogP contribution >= 0.6 is 35.7 Å². The molecule has 1 amide bonds. The van der Waals surface area contributed by atoms with Gasteiger partial charge in [-0.05, 0) is 36.0 Å². The number of nitrogens with one attached hydrogen (secondary N) is 1. The van der Waals surface area contributed by atoms with Crippen LogP contribution in [0, 0.1) is 0 Å². The summed E-state index contributed by atoms with van der Waals surface area (Å²) in [5, 5.41) is 3.34. The largest absolute Gasteiger partial charge is 0.353 e. The van der Waals surface area contributed by atoms with Gasteiger partial charge in [0, 0.05) is 4.90 Å². The number of thioether (sulfide) groups is 2. The summed E-state index contributed by atoms with van der Waals surface area (Å²) in [7, 11) is 0. The van der Waals surface area contributed by atoms with Gasteiger partial charge in [-0.2, -0.15) is 0 Å². The van der Waals surface area contributed by atoms with E-state index in [1.54, 1.807) is 4.90 Å². The first-order valence-corrected chi connectivity index (χ1v) is 8.42. The van der Waals surface area contributed by atoms with Crippen LogP contribution in [0.3, 0.4) is 0 Å². The molecule has 2 aliphatic heterocycles. The maximum atomic E-state index is 12.9. The Kier molecular flexibility index (Phi) is 2.99. The molecule has 1 spiro atoms. The zero-order valence-corrected chi connectivity index (χ0v) is 13.2. The van der Waals surface area contributed by atoms with Crippen LogP contribution in [0.25, 0.3) is 0 Å². The number of nitrogens with zero attached hydrogens (tertiary/aromatic N) is 1. The Labute approximate surface area is 136 Å². The van der Waals surface area contributed by atoms with Gasteiger partial charge in [0.1, 0.15) is 0 Å². The molecule has 0 radical (unpaired) electrons. The summed E-state index contributed by atoms with van der Waals surface area (Å²) in [4.78, 5) is 15.6. The molecule has 2 aromatic rings. The highest BCUT2D eigenvalue weighted by molar-refractivity contribution is 8.33. The quantitative estimate of drug-likeness (QED) is 0.801. The van der Waals surface area contributed by atoms with Crippen molar-refractivity contribution in [2.75, 3.05) is 10.2 Å². The van der Waals surface area contributed by atoms with Crippen molar-refractivity contribution in [1.82, 2.24) is 0 Å². The number of fused-ring (bicyclic) bond motifs is 1. The Morgan fingerprint density at radius 1 is 1.00 bits per heavy atom. The third-order valence-electron chi connectivity index (χ3n) is 3.35. The number of carbonyl (C=O) groups is 1. The van der Waals surface area contributed by atoms with E-state index < -0.39 is 4.20 Å². The minimum Gasteiger partial charge on any atom is -0.353 e. The van der Waals surface area contributed by atoms with Gasteiger partial charge in [-0.25, -0.2) is 0 Å². The van der Waals surface area contributed by atoms with E-state index in [2.05, 4.69) is 5.32 Å². The summed E-state index contributed by atoms with van der Waals surface area (Å²) in [6, 6.07) is 17.5. The number of rotatable bonds is 1. The summed E-state index contributed by atoms with van der Waals surface area (Å²) in [5.74, 6) is -0.0232. The SMILES string of the molecule is O=C1N(c2ccccc2)C(=S)SC12Nc1ccccc1S2. The van der Waals surface area contributed by atoms with Crippen LogP contribution in [-0.4, -0.2) is 14.4 Å². The molecule has 0 aliphatic carbocycles. The van der Waals surface area contributed by atoms with Crippen molar-refractivity contribution in [3.8, 4) is 0 Å². The molecule has 1 atom stereocenters. The third-order valence-corrected chi connectivity index (χ3v) is 6.35. The predicted octanol–water partition coefficient (Wildman–Crippen LogP) is 3.92. The molecule has 0 saturated carbocycles. The molecule has 2 aromatic carbocycles. The van der Waals surface area contributed by atoms with Crippen molar-refractivity contribution >= 4 is 57.3 Å². The van der Waals surface area contributed by atoms with Crippen molar-refractivity contribution in [1.29, 1.82) is 0 Å². The van der Waals surface area contributed by atoms with E-state index in [-0.39, 0.29) is 5.91 Å². The normalized spacial score (nSPS) is 23.5. The third kappa shape index (κ3) is 1.97. The van der Waals surface area contributed by atoms with E-state index in [1.807, 2.05) is 54.6 Å². The molecule has 6 heteroatoms. The van der Waals surface area contributed by atoms with E-state index in [0.717, 1.165) is 16.3 Å². The monoisotopic (exact) mass is 330 g/mol. The van der Waals surface area contributed by atoms with E-state index in [1.165, 1.54) is 23.5 Å². The zero-order chi connectivity index (χ0) is 14.4. The molecule has 1 saturated heterocycles. The van der Waals surface area contributed by atoms with Crippen molar-refractivity contribution in [3.05, 3.63) is 54.6 Å². The molecule has 104 valence electrons. The summed E-state index contributed by atoms with van der Waals surface area (Å²) < 4.78 is -0.185. The number of amides is 1. The number of carbonyl (C=O) groups excluding carboxylic acids is 1. The predicted molar refractivity (Wildman–Crippen MR) is 92.8 cm³/mol. The first kappa shape index (κ1) is 13.2. The molecular formula is C15H10N2OS3. The Morgan fingerprint density at radius 2 is 1.71 bits per heavy atom. The standard InChI is InChI=1S/C15H10N2OS3/c18-13-15(16-11-8-4-5-9-12(11)20-15)21-14(19)17(13)10-6-2-1-3-7-10/h1-9,16H. The van der Waals surface area contributed by atoms with Gasteiger partial charge in [0.2, 0.25) is 4.20 Å². The van der Waals surface area contributed by atoms with Crippen LogP contribution in [0.1, 0.15) is 0 Å². The molecule has 2 aliphatic rings. The van der Waals surface area contributed by atoms with Gasteiger partial charge in [-0.15, -0.1) is 0 Å². The molecule has 0 bridgehead atoms. The molecule has 1 unspecified atom stereocenters. The second kappa shape index (κ2) is 4.76. The Balaban J connectivity index is 1.72. The van der Waals surface area contributed by atoms with Crippen molar-refractivity contribution < 1.29 is 4.79 Å². The lowest BCUT2D eigenvalue weighted by Gasteiger charge is -2.20. The molecule has 3 nitrogen and oxygen atoms in total. The van der Waals surface area contributed by atoms with E-state index >= 15 is 0 Å². The molecule has 1 fully saturated rings. The van der Waals surface area contributed by atoms with Crippen LogP contribution in [0.5, 0.6) is 0 Å². The minimum atomic E-state index is -0.767. The van der Waals surface area contributed by atoms with Crippen molar-refractivity contribution in [3.63, 3.8) is 0 Å². The lowest BCUT2D eigenvalue weighted by molar-refractivity contribution is -0.117. The number of hydrogen-bond acceptors (Lipinski definition) is 5. The number of hydrogen-bond donors (Lipinski definition) is 1. The molecular weight excluding hydrogens is 320 g/mol. The van der Waals surface area contributed by atoms with Gasteiger partial charge >= 0.3 is 0 Å². The van der Waals surface area contributed by atoms with Crippen molar-refractivity contribution in [2.24, 2.45) is 0 Å². The van der Waals surface area contributed by atoms with E-state index in [9.17, 15) is 4.79 Å². The van der Waals surface area contributed by atoms with Gasteiger partial charge in [-0.1, -0.05) is 54.3 Å². The first-order chi connectivity index (χ1) is 10.2. The number of anilines is 2. The maximum absolute atomic E-state index is 12.9. The average molecular weight is 330 g/mol. The maximum Gasteiger partial charge on any atom is 0.280 e. The lowest BCUT2D eigenvalue weighted by atomic mass is 10.3. The van der Waals surface area contributed by atoms with Crippen LogP contribution < -0.4 is 10.2 Å². The van der Waals surface area contributed by atoms with Gasteiger partial charge in [-0.3, -0.25) is 9.69 Å². The fraction of sp³-hybridized carbons (Fsp3) is 0.0667. The molecule has 0 aromatic heterocycles. The van der Waals surface area contributed by atoms with Crippen LogP contribution in [-0.2, 0) is 4.79 Å². The Bertz CT molecular complexity index is 723. The summed E-state index contributed by atoms with van der Waals surface area (Å²) >= 11 is 8.37. The van der Waals surface area contributed by atoms with Gasteiger partial charge in [0.15, 0.2) is 4.32 Å². The van der Waals surface area contributed by atoms with E-state index in [0.29, 0.717) is 4.32 Å². The summed E-state index contributed by atoms with van der Waals surface area (Å²) in [6.45, 7) is 0. The second-order valence-electron chi connectivity index (χ2n) is 4.68. The zero-order valence-electron chi connectivity index (χ0n) is 10.8. The second-order valence-corrected chi connectivity index (χ2v) is 8.05. The fourth-order valence-corrected chi connectivity index (χ4v) is 5.69.